The Hall–Kier alpha value is -2.94. The van der Waals surface area contributed by atoms with Gasteiger partial charge in [0.15, 0.2) is 11.5 Å². The maximum atomic E-state index is 12.0. The lowest BCUT2D eigenvalue weighted by molar-refractivity contribution is -0.145. The summed E-state index contributed by atoms with van der Waals surface area (Å²) in [5, 5.41) is 9.49. The molecule has 172 valence electrons. The van der Waals surface area contributed by atoms with E-state index in [2.05, 4.69) is 0 Å². The predicted octanol–water partition coefficient (Wildman–Crippen LogP) is 2.65. The third-order valence-electron chi connectivity index (χ3n) is 4.58. The Balaban J connectivity index is 3.16. The van der Waals surface area contributed by atoms with Crippen LogP contribution in [-0.4, -0.2) is 41.6 Å². The van der Waals surface area contributed by atoms with E-state index in [0.717, 1.165) is 0 Å². The molecule has 0 aliphatic rings. The van der Waals surface area contributed by atoms with Crippen LogP contribution in [0.2, 0.25) is 0 Å². The molecule has 9 nitrogen and oxygen atoms in total. The first kappa shape index (κ1) is 26.1. The van der Waals surface area contributed by atoms with Crippen molar-refractivity contribution in [2.45, 2.75) is 59.4 Å². The van der Waals surface area contributed by atoms with E-state index in [4.69, 9.17) is 19.9 Å². The summed E-state index contributed by atoms with van der Waals surface area (Å²) in [4.78, 5) is 46.4. The molecule has 0 radical (unpaired) electrons. The molecule has 0 heterocycles. The van der Waals surface area contributed by atoms with Crippen LogP contribution < -0.4 is 15.2 Å². The normalized spacial score (nSPS) is 13.8. The maximum Gasteiger partial charge on any atom is 0.321 e. The lowest BCUT2D eigenvalue weighted by Crippen LogP contribution is -2.40. The molecule has 9 heteroatoms. The highest BCUT2D eigenvalue weighted by Gasteiger charge is 2.32. The molecule has 0 aliphatic carbocycles. The molecule has 0 bridgehead atoms. The Labute approximate surface area is 181 Å². The van der Waals surface area contributed by atoms with Gasteiger partial charge in [0, 0.05) is 26.2 Å². The molecule has 0 spiro atoms. The first-order chi connectivity index (χ1) is 14.4. The molecule has 0 amide bonds. The van der Waals surface area contributed by atoms with Gasteiger partial charge in [-0.1, -0.05) is 26.8 Å². The van der Waals surface area contributed by atoms with Gasteiger partial charge in [0.1, 0.15) is 6.04 Å². The average molecular weight is 437 g/mol. The Kier molecular flexibility index (Phi) is 10.1. The van der Waals surface area contributed by atoms with Crippen molar-refractivity contribution in [2.75, 3.05) is 6.61 Å². The minimum atomic E-state index is -1.31. The van der Waals surface area contributed by atoms with Crippen LogP contribution in [-0.2, 0) is 23.9 Å². The number of carboxylic acid groups (broad SMARTS) is 1. The number of aliphatic carboxylic acids is 1. The Morgan fingerprint density at radius 2 is 1.58 bits per heavy atom. The first-order valence-electron chi connectivity index (χ1n) is 10.1. The minimum Gasteiger partial charge on any atom is -0.480 e. The smallest absolute Gasteiger partial charge is 0.321 e. The molecule has 1 aromatic carbocycles. The number of carbonyl (C=O) groups is 4. The van der Waals surface area contributed by atoms with Gasteiger partial charge in [-0.2, -0.15) is 0 Å². The molecule has 2 unspecified atom stereocenters. The van der Waals surface area contributed by atoms with Gasteiger partial charge in [0.25, 0.3) is 0 Å². The van der Waals surface area contributed by atoms with Gasteiger partial charge in [-0.15, -0.1) is 0 Å². The van der Waals surface area contributed by atoms with Crippen molar-refractivity contribution in [1.29, 1.82) is 0 Å². The highest BCUT2D eigenvalue weighted by Crippen LogP contribution is 2.35. The van der Waals surface area contributed by atoms with Crippen LogP contribution in [0.5, 0.6) is 11.5 Å². The lowest BCUT2D eigenvalue weighted by Gasteiger charge is -2.28. The fourth-order valence-corrected chi connectivity index (χ4v) is 3.06. The molecule has 0 aromatic heterocycles. The summed E-state index contributed by atoms with van der Waals surface area (Å²) in [6.45, 7) is 8.07. The van der Waals surface area contributed by atoms with Gasteiger partial charge in [0.05, 0.1) is 6.61 Å². The second kappa shape index (κ2) is 12.0. The number of hydrogen-bond acceptors (Lipinski definition) is 8. The third kappa shape index (κ3) is 8.75. The van der Waals surface area contributed by atoms with E-state index in [9.17, 15) is 24.3 Å². The molecule has 0 fully saturated rings. The van der Waals surface area contributed by atoms with Crippen molar-refractivity contribution in [3.8, 4) is 11.5 Å². The third-order valence-corrected chi connectivity index (χ3v) is 4.58. The fraction of sp³-hybridized carbons (Fsp3) is 0.545. The predicted molar refractivity (Wildman–Crippen MR) is 112 cm³/mol. The topological polar surface area (TPSA) is 142 Å². The van der Waals surface area contributed by atoms with Crippen LogP contribution >= 0.6 is 0 Å². The van der Waals surface area contributed by atoms with Crippen molar-refractivity contribution in [2.24, 2.45) is 17.6 Å². The van der Waals surface area contributed by atoms with Gasteiger partial charge in [-0.25, -0.2) is 0 Å². The molecule has 1 aromatic rings. The highest BCUT2D eigenvalue weighted by atomic mass is 16.6. The van der Waals surface area contributed by atoms with Gasteiger partial charge in [-0.3, -0.25) is 19.2 Å². The van der Waals surface area contributed by atoms with E-state index < -0.39 is 35.8 Å². The quantitative estimate of drug-likeness (QED) is 0.394. The van der Waals surface area contributed by atoms with Crippen LogP contribution in [0.3, 0.4) is 0 Å². The minimum absolute atomic E-state index is 0.0156. The molecule has 0 saturated carbocycles. The van der Waals surface area contributed by atoms with E-state index in [1.165, 1.54) is 32.0 Å². The molecule has 1 rings (SSSR count). The summed E-state index contributed by atoms with van der Waals surface area (Å²) in [6, 6.07) is 3.03. The van der Waals surface area contributed by atoms with Crippen molar-refractivity contribution in [3.63, 3.8) is 0 Å². The number of carbonyl (C=O) groups excluding carboxylic acids is 3. The van der Waals surface area contributed by atoms with Crippen molar-refractivity contribution >= 4 is 23.9 Å². The van der Waals surface area contributed by atoms with Gasteiger partial charge in [0.2, 0.25) is 0 Å². The standard InChI is InChI=1S/C22H31NO8/c1-12(2)6-9-19(26)29-11-13(3)20(21(23)22(27)28)16-7-8-17(30-14(4)24)18(10-16)31-15(5)25/h7-8,10,12-13,20-21H,6,9,11,23H2,1-5H3,(H,27,28)/t13?,20?,21-/m0/s1. The van der Waals surface area contributed by atoms with E-state index in [1.807, 2.05) is 13.8 Å². The molecule has 3 atom stereocenters. The maximum absolute atomic E-state index is 12.0. The first-order valence-corrected chi connectivity index (χ1v) is 10.1. The summed E-state index contributed by atoms with van der Waals surface area (Å²) in [5.74, 6) is -3.75. The Bertz CT molecular complexity index is 805. The molecular formula is C22H31NO8. The number of benzene rings is 1. The Morgan fingerprint density at radius 3 is 2.10 bits per heavy atom. The fourth-order valence-electron chi connectivity index (χ4n) is 3.06. The van der Waals surface area contributed by atoms with Crippen LogP contribution in [0.15, 0.2) is 18.2 Å². The van der Waals surface area contributed by atoms with E-state index in [0.29, 0.717) is 17.9 Å². The zero-order valence-corrected chi connectivity index (χ0v) is 18.5. The average Bonchev–Trinajstić information content (AvgIpc) is 2.65. The van der Waals surface area contributed by atoms with Crippen LogP contribution in [0.4, 0.5) is 0 Å². The SMILES string of the molecule is CC(=O)Oc1ccc(C(C(C)COC(=O)CCC(C)C)[C@H](N)C(=O)O)cc1OC(C)=O. The van der Waals surface area contributed by atoms with Crippen LogP contribution in [0.1, 0.15) is 58.9 Å². The number of rotatable bonds is 11. The summed E-state index contributed by atoms with van der Waals surface area (Å²) >= 11 is 0. The van der Waals surface area contributed by atoms with Crippen LogP contribution in [0.25, 0.3) is 0 Å². The van der Waals surface area contributed by atoms with Gasteiger partial charge < -0.3 is 25.1 Å². The van der Waals surface area contributed by atoms with Gasteiger partial charge >= 0.3 is 23.9 Å². The molecule has 0 aliphatic heterocycles. The van der Waals surface area contributed by atoms with E-state index in [-0.39, 0.29) is 30.5 Å². The van der Waals surface area contributed by atoms with Gasteiger partial charge in [-0.05, 0) is 36.0 Å². The van der Waals surface area contributed by atoms with Crippen molar-refractivity contribution < 1.29 is 38.5 Å². The largest absolute Gasteiger partial charge is 0.480 e. The summed E-state index contributed by atoms with van der Waals surface area (Å²) < 4.78 is 15.5. The zero-order valence-electron chi connectivity index (χ0n) is 18.5. The second-order valence-electron chi connectivity index (χ2n) is 7.88. The van der Waals surface area contributed by atoms with Crippen LogP contribution in [0, 0.1) is 11.8 Å². The van der Waals surface area contributed by atoms with Crippen molar-refractivity contribution in [1.82, 2.24) is 0 Å². The summed E-state index contributed by atoms with van der Waals surface area (Å²) in [5.41, 5.74) is 6.37. The second-order valence-corrected chi connectivity index (χ2v) is 7.88. The molecule has 0 saturated heterocycles. The zero-order chi connectivity index (χ0) is 23.7. The van der Waals surface area contributed by atoms with E-state index >= 15 is 0 Å². The summed E-state index contributed by atoms with van der Waals surface area (Å²) in [6.07, 6.45) is 0.961. The summed E-state index contributed by atoms with van der Waals surface area (Å²) in [7, 11) is 0. The molecule has 3 N–H and O–H groups in total. The number of esters is 3. The lowest BCUT2D eigenvalue weighted by atomic mass is 9.82. The molecule has 31 heavy (non-hydrogen) atoms. The Morgan fingerprint density at radius 1 is 1.00 bits per heavy atom. The molecular weight excluding hydrogens is 406 g/mol. The number of carboxylic acids is 1. The number of ether oxygens (including phenoxy) is 3. The monoisotopic (exact) mass is 437 g/mol. The number of nitrogens with two attached hydrogens (primary N) is 1. The van der Waals surface area contributed by atoms with E-state index in [1.54, 1.807) is 6.92 Å². The highest BCUT2D eigenvalue weighted by molar-refractivity contribution is 5.76. The number of hydrogen-bond donors (Lipinski definition) is 2. The van der Waals surface area contributed by atoms with Crippen molar-refractivity contribution in [3.05, 3.63) is 23.8 Å².